The summed E-state index contributed by atoms with van der Waals surface area (Å²) in [7, 11) is 0. The van der Waals surface area contributed by atoms with Crippen molar-refractivity contribution in [2.45, 2.75) is 18.9 Å². The predicted molar refractivity (Wildman–Crippen MR) is 61.5 cm³/mol. The average molecular weight is 236 g/mol. The van der Waals surface area contributed by atoms with Crippen LogP contribution < -0.4 is 11.3 Å². The minimum atomic E-state index is -0.296. The first-order valence-corrected chi connectivity index (χ1v) is 5.57. The third-order valence-corrected chi connectivity index (χ3v) is 2.90. The van der Waals surface area contributed by atoms with E-state index in [9.17, 15) is 4.79 Å². The first-order valence-electron chi connectivity index (χ1n) is 4.59. The predicted octanol–water partition coefficient (Wildman–Crippen LogP) is 0.652. The van der Waals surface area contributed by atoms with E-state index in [1.165, 1.54) is 11.8 Å². The van der Waals surface area contributed by atoms with Crippen LogP contribution in [0.15, 0.2) is 11.1 Å². The van der Waals surface area contributed by atoms with Gasteiger partial charge in [0.05, 0.1) is 11.3 Å². The molecule has 3 N–H and O–H groups in total. The van der Waals surface area contributed by atoms with Gasteiger partial charge in [0, 0.05) is 5.69 Å². The van der Waals surface area contributed by atoms with Gasteiger partial charge in [-0.25, -0.2) is 10.8 Å². The number of nitrogens with two attached hydrogens (primary N) is 1. The van der Waals surface area contributed by atoms with Crippen LogP contribution in [0.4, 0.5) is 0 Å². The van der Waals surface area contributed by atoms with E-state index in [-0.39, 0.29) is 11.7 Å². The number of amides is 1. The number of hydrogen-bond donors (Lipinski definition) is 2. The lowest BCUT2D eigenvalue weighted by molar-refractivity contribution is -0.118. The standard InChI is InChI=1S/C10H12N4OS/c1-6-3-7(2)13-10(8(6)4-11)16-5-9(15)14-12/h3H,5,12H2,1-2H3,(H,14,15). The lowest BCUT2D eigenvalue weighted by Gasteiger charge is -2.06. The number of nitrogens with one attached hydrogen (secondary N) is 1. The molecule has 0 unspecified atom stereocenters. The number of aromatic nitrogens is 1. The molecule has 0 radical (unpaired) electrons. The van der Waals surface area contributed by atoms with Crippen LogP contribution in [-0.4, -0.2) is 16.6 Å². The normalized spacial score (nSPS) is 9.62. The molecule has 0 bridgehead atoms. The minimum absolute atomic E-state index is 0.154. The second-order valence-electron chi connectivity index (χ2n) is 3.23. The molecule has 0 saturated carbocycles. The number of carbonyl (C=O) groups is 1. The number of hydrazine groups is 1. The van der Waals surface area contributed by atoms with E-state index >= 15 is 0 Å². The molecule has 16 heavy (non-hydrogen) atoms. The first kappa shape index (κ1) is 12.5. The molecule has 1 aromatic rings. The number of hydrogen-bond acceptors (Lipinski definition) is 5. The lowest BCUT2D eigenvalue weighted by atomic mass is 10.1. The summed E-state index contributed by atoms with van der Waals surface area (Å²) in [6, 6.07) is 3.93. The van der Waals surface area contributed by atoms with Crippen LogP contribution in [0.1, 0.15) is 16.8 Å². The SMILES string of the molecule is Cc1cc(C)c(C#N)c(SCC(=O)NN)n1. The zero-order valence-electron chi connectivity index (χ0n) is 9.07. The molecule has 6 heteroatoms. The van der Waals surface area contributed by atoms with Crippen molar-refractivity contribution in [3.05, 3.63) is 22.9 Å². The van der Waals surface area contributed by atoms with Crippen molar-refractivity contribution < 1.29 is 4.79 Å². The van der Waals surface area contributed by atoms with Gasteiger partial charge in [-0.3, -0.25) is 10.2 Å². The van der Waals surface area contributed by atoms with E-state index in [4.69, 9.17) is 11.1 Å². The Hall–Kier alpha value is -1.58. The number of thioether (sulfide) groups is 1. The number of rotatable bonds is 3. The molecule has 0 fully saturated rings. The molecule has 1 amide bonds. The van der Waals surface area contributed by atoms with Gasteiger partial charge in [0.1, 0.15) is 11.1 Å². The van der Waals surface area contributed by atoms with Gasteiger partial charge >= 0.3 is 0 Å². The fourth-order valence-electron chi connectivity index (χ4n) is 1.22. The number of nitrogens with zero attached hydrogens (tertiary/aromatic N) is 2. The highest BCUT2D eigenvalue weighted by molar-refractivity contribution is 8.00. The Bertz CT molecular complexity index is 453. The van der Waals surface area contributed by atoms with Crippen molar-refractivity contribution in [3.8, 4) is 6.07 Å². The Labute approximate surface area is 98.0 Å². The Morgan fingerprint density at radius 2 is 2.38 bits per heavy atom. The number of aryl methyl sites for hydroxylation is 2. The monoisotopic (exact) mass is 236 g/mol. The van der Waals surface area contributed by atoms with E-state index in [2.05, 4.69) is 11.1 Å². The Kier molecular flexibility index (Phi) is 4.28. The molecule has 0 aromatic carbocycles. The molecule has 1 aromatic heterocycles. The highest BCUT2D eigenvalue weighted by Crippen LogP contribution is 2.23. The molecule has 0 spiro atoms. The zero-order chi connectivity index (χ0) is 12.1. The first-order chi connectivity index (χ1) is 7.58. The molecule has 0 aliphatic carbocycles. The Balaban J connectivity index is 2.95. The maximum atomic E-state index is 11.0. The van der Waals surface area contributed by atoms with E-state index in [1.54, 1.807) is 0 Å². The molecule has 1 heterocycles. The lowest BCUT2D eigenvalue weighted by Crippen LogP contribution is -2.31. The van der Waals surface area contributed by atoms with Crippen LogP contribution in [-0.2, 0) is 4.79 Å². The second-order valence-corrected chi connectivity index (χ2v) is 4.19. The van der Waals surface area contributed by atoms with Gasteiger partial charge in [0.2, 0.25) is 5.91 Å². The summed E-state index contributed by atoms with van der Waals surface area (Å²) in [5.74, 6) is 4.83. The molecule has 0 saturated heterocycles. The smallest absolute Gasteiger partial charge is 0.244 e. The summed E-state index contributed by atoms with van der Waals surface area (Å²) in [5.41, 5.74) is 4.24. The quantitative estimate of drug-likeness (QED) is 0.348. The summed E-state index contributed by atoms with van der Waals surface area (Å²) >= 11 is 1.21. The van der Waals surface area contributed by atoms with Crippen LogP contribution in [0.25, 0.3) is 0 Å². The molecule has 84 valence electrons. The molecule has 0 atom stereocenters. The van der Waals surface area contributed by atoms with Crippen LogP contribution in [0.3, 0.4) is 0 Å². The van der Waals surface area contributed by atoms with Gasteiger partial charge in [-0.1, -0.05) is 11.8 Å². The third kappa shape index (κ3) is 2.95. The van der Waals surface area contributed by atoms with E-state index < -0.39 is 0 Å². The van der Waals surface area contributed by atoms with Crippen molar-refractivity contribution in [2.24, 2.45) is 5.84 Å². The van der Waals surface area contributed by atoms with E-state index in [0.717, 1.165) is 11.3 Å². The average Bonchev–Trinajstić information content (AvgIpc) is 2.25. The number of carbonyl (C=O) groups excluding carboxylic acids is 1. The zero-order valence-corrected chi connectivity index (χ0v) is 9.89. The fourth-order valence-corrected chi connectivity index (χ4v) is 2.13. The molecular weight excluding hydrogens is 224 g/mol. The van der Waals surface area contributed by atoms with Gasteiger partial charge in [-0.2, -0.15) is 5.26 Å². The number of pyridine rings is 1. The van der Waals surface area contributed by atoms with Crippen molar-refractivity contribution in [3.63, 3.8) is 0 Å². The molecule has 5 nitrogen and oxygen atoms in total. The highest BCUT2D eigenvalue weighted by Gasteiger charge is 2.10. The highest BCUT2D eigenvalue weighted by atomic mass is 32.2. The summed E-state index contributed by atoms with van der Waals surface area (Å²) in [4.78, 5) is 15.2. The third-order valence-electron chi connectivity index (χ3n) is 1.92. The van der Waals surface area contributed by atoms with Crippen molar-refractivity contribution in [1.29, 1.82) is 5.26 Å². The largest absolute Gasteiger partial charge is 0.294 e. The van der Waals surface area contributed by atoms with Crippen molar-refractivity contribution in [1.82, 2.24) is 10.4 Å². The molecule has 1 rings (SSSR count). The van der Waals surface area contributed by atoms with Gasteiger partial charge in [-0.05, 0) is 25.5 Å². The summed E-state index contributed by atoms with van der Waals surface area (Å²) < 4.78 is 0. The summed E-state index contributed by atoms with van der Waals surface area (Å²) in [6.07, 6.45) is 0. The molecule has 0 aliphatic heterocycles. The van der Waals surface area contributed by atoms with Crippen LogP contribution in [0.2, 0.25) is 0 Å². The van der Waals surface area contributed by atoms with Gasteiger partial charge in [-0.15, -0.1) is 0 Å². The fraction of sp³-hybridized carbons (Fsp3) is 0.300. The van der Waals surface area contributed by atoms with Gasteiger partial charge in [0.25, 0.3) is 0 Å². The van der Waals surface area contributed by atoms with Gasteiger partial charge < -0.3 is 0 Å². The topological polar surface area (TPSA) is 91.8 Å². The van der Waals surface area contributed by atoms with Crippen LogP contribution in [0.5, 0.6) is 0 Å². The summed E-state index contributed by atoms with van der Waals surface area (Å²) in [6.45, 7) is 3.70. The molecule has 0 aliphatic rings. The maximum Gasteiger partial charge on any atom is 0.244 e. The van der Waals surface area contributed by atoms with Crippen LogP contribution in [0, 0.1) is 25.2 Å². The second kappa shape index (κ2) is 5.49. The maximum absolute atomic E-state index is 11.0. The van der Waals surface area contributed by atoms with Gasteiger partial charge in [0.15, 0.2) is 0 Å². The Morgan fingerprint density at radius 1 is 1.69 bits per heavy atom. The minimum Gasteiger partial charge on any atom is -0.294 e. The van der Waals surface area contributed by atoms with Crippen molar-refractivity contribution >= 4 is 17.7 Å². The summed E-state index contributed by atoms with van der Waals surface area (Å²) in [5, 5.41) is 9.56. The van der Waals surface area contributed by atoms with E-state index in [0.29, 0.717) is 10.6 Å². The number of nitriles is 1. The molecular formula is C10H12N4OS. The van der Waals surface area contributed by atoms with E-state index in [1.807, 2.05) is 25.3 Å². The van der Waals surface area contributed by atoms with Crippen molar-refractivity contribution in [2.75, 3.05) is 5.75 Å². The van der Waals surface area contributed by atoms with Crippen LogP contribution >= 0.6 is 11.8 Å². The Morgan fingerprint density at radius 3 is 2.94 bits per heavy atom.